The summed E-state index contributed by atoms with van der Waals surface area (Å²) in [6, 6.07) is 8.23. The summed E-state index contributed by atoms with van der Waals surface area (Å²) in [5.41, 5.74) is 2.11. The van der Waals surface area contributed by atoms with Crippen LogP contribution >= 0.6 is 0 Å². The Labute approximate surface area is 109 Å². The Morgan fingerprint density at radius 2 is 1.95 bits per heavy atom. The fourth-order valence-electron chi connectivity index (χ4n) is 1.77. The first-order chi connectivity index (χ1) is 9.01. The largest absolute Gasteiger partial charge is 0.475 e. The lowest BCUT2D eigenvalue weighted by molar-refractivity contribution is 0.0657. The molecule has 0 fully saturated rings. The fourth-order valence-corrected chi connectivity index (χ4v) is 1.77. The number of ether oxygens (including phenoxy) is 1. The SMILES string of the molecule is Cc1cc(C#N)cc(C)c1Oc1ccc(C(=O)O)o1. The van der Waals surface area contributed by atoms with Crippen molar-refractivity contribution in [3.63, 3.8) is 0 Å². The Kier molecular flexibility index (Phi) is 3.25. The summed E-state index contributed by atoms with van der Waals surface area (Å²) in [6.45, 7) is 3.62. The van der Waals surface area contributed by atoms with E-state index in [1.807, 2.05) is 13.8 Å². The topological polar surface area (TPSA) is 83.5 Å². The second-order valence-corrected chi connectivity index (χ2v) is 4.08. The Morgan fingerprint density at radius 3 is 2.42 bits per heavy atom. The van der Waals surface area contributed by atoms with Crippen molar-refractivity contribution in [3.05, 3.63) is 46.7 Å². The van der Waals surface area contributed by atoms with Gasteiger partial charge in [-0.2, -0.15) is 5.26 Å². The van der Waals surface area contributed by atoms with Gasteiger partial charge in [0.1, 0.15) is 5.75 Å². The van der Waals surface area contributed by atoms with Crippen LogP contribution in [0.3, 0.4) is 0 Å². The molecule has 0 aliphatic carbocycles. The van der Waals surface area contributed by atoms with Crippen molar-refractivity contribution in [1.82, 2.24) is 0 Å². The summed E-state index contributed by atoms with van der Waals surface area (Å²) in [5, 5.41) is 17.6. The number of hydrogen-bond acceptors (Lipinski definition) is 4. The van der Waals surface area contributed by atoms with E-state index in [1.54, 1.807) is 12.1 Å². The summed E-state index contributed by atoms with van der Waals surface area (Å²) in [4.78, 5) is 10.7. The van der Waals surface area contributed by atoms with Crippen molar-refractivity contribution >= 4 is 5.97 Å². The van der Waals surface area contributed by atoms with Crippen LogP contribution in [0.25, 0.3) is 0 Å². The third-order valence-electron chi connectivity index (χ3n) is 2.58. The highest BCUT2D eigenvalue weighted by molar-refractivity contribution is 5.84. The summed E-state index contributed by atoms with van der Waals surface area (Å²) in [6.07, 6.45) is 0. The maximum absolute atomic E-state index is 10.7. The highest BCUT2D eigenvalue weighted by atomic mass is 16.6. The van der Waals surface area contributed by atoms with Gasteiger partial charge in [0.2, 0.25) is 5.76 Å². The lowest BCUT2D eigenvalue weighted by Gasteiger charge is -2.09. The van der Waals surface area contributed by atoms with Gasteiger partial charge in [-0.15, -0.1) is 0 Å². The first-order valence-electron chi connectivity index (χ1n) is 5.53. The standard InChI is InChI=1S/C14H11NO4/c1-8-5-10(7-15)6-9(2)13(8)19-12-4-3-11(18-12)14(16)17/h3-6H,1-2H3,(H,16,17). The van der Waals surface area contributed by atoms with Crippen LogP contribution in [-0.4, -0.2) is 11.1 Å². The van der Waals surface area contributed by atoms with E-state index < -0.39 is 5.97 Å². The number of benzene rings is 1. The van der Waals surface area contributed by atoms with E-state index in [2.05, 4.69) is 6.07 Å². The summed E-state index contributed by atoms with van der Waals surface area (Å²) in [5.74, 6) is -0.666. The van der Waals surface area contributed by atoms with Crippen LogP contribution in [0.4, 0.5) is 0 Å². The molecule has 1 aromatic heterocycles. The fraction of sp³-hybridized carbons (Fsp3) is 0.143. The molecular weight excluding hydrogens is 246 g/mol. The number of furan rings is 1. The average Bonchev–Trinajstić information content (AvgIpc) is 2.82. The lowest BCUT2D eigenvalue weighted by atomic mass is 10.1. The molecule has 0 radical (unpaired) electrons. The molecule has 0 saturated heterocycles. The Morgan fingerprint density at radius 1 is 1.32 bits per heavy atom. The normalized spacial score (nSPS) is 9.95. The van der Waals surface area contributed by atoms with Crippen LogP contribution in [0.1, 0.15) is 27.2 Å². The molecular formula is C14H11NO4. The van der Waals surface area contributed by atoms with Gasteiger partial charge in [0.05, 0.1) is 11.6 Å². The predicted molar refractivity (Wildman–Crippen MR) is 66.4 cm³/mol. The Balaban J connectivity index is 2.33. The van der Waals surface area contributed by atoms with E-state index in [0.29, 0.717) is 11.3 Å². The average molecular weight is 257 g/mol. The van der Waals surface area contributed by atoms with Crippen LogP contribution < -0.4 is 4.74 Å². The van der Waals surface area contributed by atoms with E-state index in [4.69, 9.17) is 19.5 Å². The number of rotatable bonds is 3. The van der Waals surface area contributed by atoms with Gasteiger partial charge in [-0.3, -0.25) is 0 Å². The molecule has 5 nitrogen and oxygen atoms in total. The van der Waals surface area contributed by atoms with Gasteiger partial charge in [-0.1, -0.05) is 0 Å². The van der Waals surface area contributed by atoms with Gasteiger partial charge in [-0.25, -0.2) is 4.79 Å². The first kappa shape index (κ1) is 12.7. The zero-order chi connectivity index (χ0) is 14.0. The van der Waals surface area contributed by atoms with E-state index in [-0.39, 0.29) is 11.7 Å². The smallest absolute Gasteiger partial charge is 0.371 e. The molecule has 0 aliphatic heterocycles. The minimum atomic E-state index is -1.15. The highest BCUT2D eigenvalue weighted by Gasteiger charge is 2.13. The van der Waals surface area contributed by atoms with Gasteiger partial charge >= 0.3 is 5.97 Å². The van der Waals surface area contributed by atoms with Crippen LogP contribution in [0, 0.1) is 25.2 Å². The van der Waals surface area contributed by atoms with Crippen LogP contribution in [0.2, 0.25) is 0 Å². The van der Waals surface area contributed by atoms with Crippen LogP contribution in [-0.2, 0) is 0 Å². The second-order valence-electron chi connectivity index (χ2n) is 4.08. The van der Waals surface area contributed by atoms with Gasteiger partial charge in [0.15, 0.2) is 0 Å². The van der Waals surface area contributed by atoms with Crippen molar-refractivity contribution in [2.45, 2.75) is 13.8 Å². The lowest BCUT2D eigenvalue weighted by Crippen LogP contribution is -1.93. The second kappa shape index (κ2) is 4.86. The van der Waals surface area contributed by atoms with E-state index in [0.717, 1.165) is 11.1 Å². The van der Waals surface area contributed by atoms with Gasteiger partial charge in [0, 0.05) is 6.07 Å². The molecule has 0 saturated carbocycles. The van der Waals surface area contributed by atoms with Crippen LogP contribution in [0.5, 0.6) is 11.7 Å². The zero-order valence-corrected chi connectivity index (χ0v) is 10.4. The van der Waals surface area contributed by atoms with Crippen LogP contribution in [0.15, 0.2) is 28.7 Å². The molecule has 2 aromatic rings. The van der Waals surface area contributed by atoms with Crippen molar-refractivity contribution in [2.75, 3.05) is 0 Å². The number of aryl methyl sites for hydroxylation is 2. The molecule has 1 heterocycles. The number of aromatic carboxylic acids is 1. The molecule has 0 unspecified atom stereocenters. The summed E-state index contributed by atoms with van der Waals surface area (Å²) in [7, 11) is 0. The Bertz CT molecular complexity index is 656. The maximum atomic E-state index is 10.7. The minimum absolute atomic E-state index is 0.105. The molecule has 19 heavy (non-hydrogen) atoms. The molecule has 0 atom stereocenters. The minimum Gasteiger partial charge on any atom is -0.475 e. The maximum Gasteiger partial charge on any atom is 0.371 e. The van der Waals surface area contributed by atoms with Gasteiger partial charge < -0.3 is 14.3 Å². The third-order valence-corrected chi connectivity index (χ3v) is 2.58. The number of carbonyl (C=O) groups is 1. The Hall–Kier alpha value is -2.74. The number of nitriles is 1. The third kappa shape index (κ3) is 2.58. The molecule has 0 spiro atoms. The number of carboxylic acid groups (broad SMARTS) is 1. The molecule has 0 bridgehead atoms. The van der Waals surface area contributed by atoms with Crippen molar-refractivity contribution in [1.29, 1.82) is 5.26 Å². The summed E-state index contributed by atoms with van der Waals surface area (Å²) >= 11 is 0. The molecule has 5 heteroatoms. The van der Waals surface area contributed by atoms with E-state index in [9.17, 15) is 4.79 Å². The predicted octanol–water partition coefficient (Wildman–Crippen LogP) is 3.26. The quantitative estimate of drug-likeness (QED) is 0.912. The molecule has 0 aliphatic rings. The van der Waals surface area contributed by atoms with Crippen molar-refractivity contribution in [3.8, 4) is 17.8 Å². The molecule has 0 amide bonds. The number of carboxylic acids is 1. The molecule has 2 rings (SSSR count). The number of hydrogen-bond donors (Lipinski definition) is 1. The molecule has 1 N–H and O–H groups in total. The van der Waals surface area contributed by atoms with Gasteiger partial charge in [-0.05, 0) is 43.2 Å². The molecule has 1 aromatic carbocycles. The van der Waals surface area contributed by atoms with Crippen molar-refractivity contribution in [2.24, 2.45) is 0 Å². The highest BCUT2D eigenvalue weighted by Crippen LogP contribution is 2.30. The number of nitrogens with zero attached hydrogens (tertiary/aromatic N) is 1. The first-order valence-corrected chi connectivity index (χ1v) is 5.53. The van der Waals surface area contributed by atoms with E-state index in [1.165, 1.54) is 12.1 Å². The summed E-state index contributed by atoms with van der Waals surface area (Å²) < 4.78 is 10.6. The molecule has 96 valence electrons. The van der Waals surface area contributed by atoms with Gasteiger partial charge in [0.25, 0.3) is 5.95 Å². The van der Waals surface area contributed by atoms with Crippen molar-refractivity contribution < 1.29 is 19.1 Å². The zero-order valence-electron chi connectivity index (χ0n) is 10.4. The monoisotopic (exact) mass is 257 g/mol. The van der Waals surface area contributed by atoms with E-state index >= 15 is 0 Å².